The molecular formula is C25H23N5O7. The summed E-state index contributed by atoms with van der Waals surface area (Å²) in [7, 11) is 0. The van der Waals surface area contributed by atoms with Crippen LogP contribution in [0.15, 0.2) is 52.9 Å². The fourth-order valence-electron chi connectivity index (χ4n) is 3.98. The Morgan fingerprint density at radius 1 is 0.973 bits per heavy atom. The Morgan fingerprint density at radius 2 is 1.65 bits per heavy atom. The normalized spacial score (nSPS) is 10.8. The van der Waals surface area contributed by atoms with Crippen LogP contribution in [0.2, 0.25) is 0 Å². The second kappa shape index (κ2) is 9.93. The highest BCUT2D eigenvalue weighted by molar-refractivity contribution is 6.02. The van der Waals surface area contributed by atoms with Crippen molar-refractivity contribution in [3.8, 4) is 11.5 Å². The van der Waals surface area contributed by atoms with Crippen LogP contribution in [0.3, 0.4) is 0 Å². The number of hydrogen-bond acceptors (Lipinski definition) is 8. The standard InChI is InChI=1S/C25H23N5O7/c1-14-7-15(2)9-21(8-14)36-22-11-18(10-19(12-22)29(32)33)26-25(31)23-6-5-20(37-23)13-28-17(4)24(30(34)35)16(3)27-28/h5-12H,13H2,1-4H3,(H,26,31). The van der Waals surface area contributed by atoms with Gasteiger partial charge in [0.25, 0.3) is 11.6 Å². The molecule has 0 aliphatic rings. The third-order valence-corrected chi connectivity index (χ3v) is 5.51. The van der Waals surface area contributed by atoms with Gasteiger partial charge < -0.3 is 14.5 Å². The molecule has 0 aliphatic heterocycles. The van der Waals surface area contributed by atoms with Gasteiger partial charge in [0.05, 0.1) is 28.1 Å². The highest BCUT2D eigenvalue weighted by Crippen LogP contribution is 2.31. The summed E-state index contributed by atoms with van der Waals surface area (Å²) < 4.78 is 12.9. The quantitative estimate of drug-likeness (QED) is 0.239. The molecule has 0 atom stereocenters. The summed E-state index contributed by atoms with van der Waals surface area (Å²) in [5.74, 6) is 0.359. The Morgan fingerprint density at radius 3 is 2.27 bits per heavy atom. The highest BCUT2D eigenvalue weighted by atomic mass is 16.6. The predicted molar refractivity (Wildman–Crippen MR) is 133 cm³/mol. The summed E-state index contributed by atoms with van der Waals surface area (Å²) in [6.07, 6.45) is 0. The van der Waals surface area contributed by atoms with Crippen molar-refractivity contribution in [1.29, 1.82) is 0 Å². The van der Waals surface area contributed by atoms with Gasteiger partial charge >= 0.3 is 5.69 Å². The first-order chi connectivity index (χ1) is 17.5. The number of nitro groups is 2. The molecule has 0 fully saturated rings. The van der Waals surface area contributed by atoms with E-state index in [-0.39, 0.29) is 40.8 Å². The maximum Gasteiger partial charge on any atom is 0.312 e. The number of benzene rings is 2. The predicted octanol–water partition coefficient (Wildman–Crippen LogP) is 5.62. The van der Waals surface area contributed by atoms with Gasteiger partial charge in [0.15, 0.2) is 5.76 Å². The lowest BCUT2D eigenvalue weighted by atomic mass is 10.1. The van der Waals surface area contributed by atoms with Gasteiger partial charge in [-0.1, -0.05) is 6.07 Å². The molecule has 0 bridgehead atoms. The van der Waals surface area contributed by atoms with Crippen LogP contribution in [0.25, 0.3) is 0 Å². The van der Waals surface area contributed by atoms with E-state index < -0.39 is 15.8 Å². The van der Waals surface area contributed by atoms with Crippen LogP contribution in [0, 0.1) is 47.9 Å². The summed E-state index contributed by atoms with van der Waals surface area (Å²) in [6.45, 7) is 7.02. The maximum atomic E-state index is 12.8. The zero-order valence-corrected chi connectivity index (χ0v) is 20.5. The molecule has 0 saturated carbocycles. The number of carbonyl (C=O) groups is 1. The van der Waals surface area contributed by atoms with Crippen molar-refractivity contribution in [2.24, 2.45) is 0 Å². The van der Waals surface area contributed by atoms with Gasteiger partial charge in [-0.15, -0.1) is 0 Å². The number of carbonyl (C=O) groups excluding carboxylic acids is 1. The van der Waals surface area contributed by atoms with Crippen molar-refractivity contribution in [2.45, 2.75) is 34.2 Å². The van der Waals surface area contributed by atoms with Crippen LogP contribution < -0.4 is 10.1 Å². The Kier molecular flexibility index (Phi) is 6.74. The van der Waals surface area contributed by atoms with Crippen LogP contribution in [0.4, 0.5) is 17.1 Å². The maximum absolute atomic E-state index is 12.8. The van der Waals surface area contributed by atoms with E-state index in [0.29, 0.717) is 17.2 Å². The van der Waals surface area contributed by atoms with E-state index in [9.17, 15) is 25.0 Å². The van der Waals surface area contributed by atoms with E-state index >= 15 is 0 Å². The molecule has 4 aromatic rings. The van der Waals surface area contributed by atoms with Gasteiger partial charge in [-0.05, 0) is 63.1 Å². The Hall–Kier alpha value is -5.00. The van der Waals surface area contributed by atoms with Crippen LogP contribution in [-0.4, -0.2) is 25.5 Å². The van der Waals surface area contributed by atoms with Crippen molar-refractivity contribution < 1.29 is 23.8 Å². The molecule has 2 aromatic heterocycles. The number of furan rings is 1. The topological polar surface area (TPSA) is 156 Å². The number of aryl methyl sites for hydroxylation is 3. The Labute approximate surface area is 210 Å². The van der Waals surface area contributed by atoms with Crippen molar-refractivity contribution in [3.05, 3.63) is 103 Å². The van der Waals surface area contributed by atoms with Gasteiger partial charge in [-0.3, -0.25) is 29.7 Å². The molecule has 0 radical (unpaired) electrons. The molecule has 2 heterocycles. The molecule has 2 aromatic carbocycles. The van der Waals surface area contributed by atoms with Crippen molar-refractivity contribution in [2.75, 3.05) is 5.32 Å². The number of nitro benzene ring substituents is 1. The second-order valence-electron chi connectivity index (χ2n) is 8.55. The lowest BCUT2D eigenvalue weighted by molar-refractivity contribution is -0.386. The van der Waals surface area contributed by atoms with E-state index in [2.05, 4.69) is 10.4 Å². The SMILES string of the molecule is Cc1cc(C)cc(Oc2cc(NC(=O)c3ccc(Cn4nc(C)c([N+](=O)[O-])c4C)o3)cc([N+](=O)[O-])c2)c1. The monoisotopic (exact) mass is 505 g/mol. The number of anilines is 1. The van der Waals surface area contributed by atoms with Crippen LogP contribution in [-0.2, 0) is 6.54 Å². The molecule has 37 heavy (non-hydrogen) atoms. The first-order valence-electron chi connectivity index (χ1n) is 11.1. The minimum atomic E-state index is -0.636. The number of rotatable bonds is 8. The zero-order chi connectivity index (χ0) is 26.9. The average Bonchev–Trinajstić information content (AvgIpc) is 3.37. The van der Waals surface area contributed by atoms with Crippen molar-refractivity contribution in [1.82, 2.24) is 9.78 Å². The summed E-state index contributed by atoms with van der Waals surface area (Å²) in [5.41, 5.74) is 2.38. The summed E-state index contributed by atoms with van der Waals surface area (Å²) >= 11 is 0. The number of amides is 1. The smallest absolute Gasteiger partial charge is 0.312 e. The number of nitrogens with one attached hydrogen (secondary N) is 1. The van der Waals surface area contributed by atoms with Gasteiger partial charge in [0, 0.05) is 12.1 Å². The lowest BCUT2D eigenvalue weighted by Gasteiger charge is -2.10. The molecule has 0 saturated heterocycles. The van der Waals surface area contributed by atoms with Crippen molar-refractivity contribution >= 4 is 23.0 Å². The van der Waals surface area contributed by atoms with Gasteiger partial charge in [-0.2, -0.15) is 5.10 Å². The highest BCUT2D eigenvalue weighted by Gasteiger charge is 2.23. The molecule has 1 N–H and O–H groups in total. The second-order valence-corrected chi connectivity index (χ2v) is 8.55. The minimum Gasteiger partial charge on any atom is -0.457 e. The molecule has 12 nitrogen and oxygen atoms in total. The molecule has 4 rings (SSSR count). The minimum absolute atomic E-state index is 0.0469. The third-order valence-electron chi connectivity index (χ3n) is 5.51. The van der Waals surface area contributed by atoms with Crippen LogP contribution in [0.1, 0.15) is 38.8 Å². The van der Waals surface area contributed by atoms with E-state index in [1.165, 1.54) is 28.9 Å². The third kappa shape index (κ3) is 5.64. The fraction of sp³-hybridized carbons (Fsp3) is 0.200. The number of aromatic nitrogens is 2. The van der Waals surface area contributed by atoms with Gasteiger partial charge in [-0.25, -0.2) is 0 Å². The zero-order valence-electron chi connectivity index (χ0n) is 20.5. The summed E-state index contributed by atoms with van der Waals surface area (Å²) in [5, 5.41) is 29.4. The molecule has 190 valence electrons. The Bertz CT molecular complexity index is 1520. The number of non-ortho nitro benzene ring substituents is 1. The van der Waals surface area contributed by atoms with E-state index in [1.54, 1.807) is 32.0 Å². The van der Waals surface area contributed by atoms with E-state index in [1.807, 2.05) is 19.9 Å². The number of ether oxygens (including phenoxy) is 1. The average molecular weight is 505 g/mol. The van der Waals surface area contributed by atoms with Crippen LogP contribution >= 0.6 is 0 Å². The van der Waals surface area contributed by atoms with E-state index in [0.717, 1.165) is 11.1 Å². The summed E-state index contributed by atoms with van der Waals surface area (Å²) in [6, 6.07) is 12.5. The molecule has 0 spiro atoms. The molecule has 12 heteroatoms. The molecule has 0 unspecified atom stereocenters. The number of nitrogens with zero attached hydrogens (tertiary/aromatic N) is 4. The first kappa shape index (κ1) is 25.1. The van der Waals surface area contributed by atoms with Gasteiger partial charge in [0.2, 0.25) is 0 Å². The first-order valence-corrected chi connectivity index (χ1v) is 11.1. The molecule has 0 aliphatic carbocycles. The Balaban J connectivity index is 1.53. The van der Waals surface area contributed by atoms with Gasteiger partial charge in [0.1, 0.15) is 28.6 Å². The van der Waals surface area contributed by atoms with E-state index in [4.69, 9.17) is 9.15 Å². The fourth-order valence-corrected chi connectivity index (χ4v) is 3.98. The molecule has 1 amide bonds. The van der Waals surface area contributed by atoms with Crippen LogP contribution in [0.5, 0.6) is 11.5 Å². The lowest BCUT2D eigenvalue weighted by Crippen LogP contribution is -2.11. The molecular weight excluding hydrogens is 482 g/mol. The largest absolute Gasteiger partial charge is 0.457 e. The summed E-state index contributed by atoms with van der Waals surface area (Å²) in [4.78, 5) is 34.4. The number of hydrogen-bond donors (Lipinski definition) is 1. The van der Waals surface area contributed by atoms with Crippen molar-refractivity contribution in [3.63, 3.8) is 0 Å².